The second-order valence-electron chi connectivity index (χ2n) is 11.0. The molecule has 4 nitrogen and oxygen atoms in total. The molecular formula is C36H34N4. The van der Waals surface area contributed by atoms with Gasteiger partial charge in [0.15, 0.2) is 0 Å². The van der Waals surface area contributed by atoms with Gasteiger partial charge in [-0.05, 0) is 58.7 Å². The predicted molar refractivity (Wildman–Crippen MR) is 167 cm³/mol. The normalized spacial score (nSPS) is 12.3. The average molecular weight is 523 g/mol. The lowest BCUT2D eigenvalue weighted by Gasteiger charge is -2.29. The maximum atomic E-state index is 4.59. The van der Waals surface area contributed by atoms with Gasteiger partial charge in [0.25, 0.3) is 0 Å². The van der Waals surface area contributed by atoms with Crippen LogP contribution in [0.25, 0.3) is 0 Å². The summed E-state index contributed by atoms with van der Waals surface area (Å²) >= 11 is 0. The minimum Gasteiger partial charge on any atom is -0.264 e. The molecule has 4 heteroatoms. The first kappa shape index (κ1) is 26.9. The summed E-state index contributed by atoms with van der Waals surface area (Å²) in [5.41, 5.74) is 8.61. The monoisotopic (exact) mass is 522 g/mol. The molecule has 0 aliphatic carbocycles. The van der Waals surface area contributed by atoms with Gasteiger partial charge in [0.2, 0.25) is 0 Å². The van der Waals surface area contributed by atoms with Crippen LogP contribution in [-0.2, 0) is 10.8 Å². The van der Waals surface area contributed by atoms with Crippen molar-refractivity contribution in [2.24, 2.45) is 9.98 Å². The van der Waals surface area contributed by atoms with Gasteiger partial charge in [0.1, 0.15) is 0 Å². The summed E-state index contributed by atoms with van der Waals surface area (Å²) in [6.07, 6.45) is 10.8. The van der Waals surface area contributed by atoms with Gasteiger partial charge in [-0.1, -0.05) is 88.4 Å². The number of hydrogen-bond donors (Lipinski definition) is 0. The third-order valence-electron chi connectivity index (χ3n) is 7.60. The second-order valence-corrected chi connectivity index (χ2v) is 11.0. The van der Waals surface area contributed by atoms with E-state index in [2.05, 4.69) is 120 Å². The Morgan fingerprint density at radius 1 is 0.475 bits per heavy atom. The summed E-state index contributed by atoms with van der Waals surface area (Å²) in [5.74, 6) is 0. The van der Waals surface area contributed by atoms with Gasteiger partial charge in [-0.15, -0.1) is 0 Å². The number of rotatable bonds is 8. The van der Waals surface area contributed by atoms with E-state index in [4.69, 9.17) is 0 Å². The van der Waals surface area contributed by atoms with Crippen LogP contribution in [0.15, 0.2) is 132 Å². The molecule has 0 amide bonds. The number of aromatic nitrogens is 2. The smallest absolute Gasteiger partial charge is 0.0630 e. The van der Waals surface area contributed by atoms with Gasteiger partial charge >= 0.3 is 0 Å². The zero-order valence-electron chi connectivity index (χ0n) is 23.5. The number of aliphatic imine (C=N–C) groups is 2. The van der Waals surface area contributed by atoms with Crippen molar-refractivity contribution in [2.75, 3.05) is 0 Å². The largest absolute Gasteiger partial charge is 0.264 e. The molecule has 40 heavy (non-hydrogen) atoms. The summed E-state index contributed by atoms with van der Waals surface area (Å²) in [5, 5.41) is 0. The molecule has 2 heterocycles. The van der Waals surface area contributed by atoms with Crippen molar-refractivity contribution in [3.05, 3.63) is 155 Å². The molecule has 5 aromatic rings. The molecule has 0 fully saturated rings. The molecule has 3 aromatic carbocycles. The lowest BCUT2D eigenvalue weighted by atomic mass is 9.74. The number of pyridine rings is 2. The Morgan fingerprint density at radius 2 is 0.800 bits per heavy atom. The molecule has 198 valence electrons. The van der Waals surface area contributed by atoms with E-state index >= 15 is 0 Å². The molecule has 0 bridgehead atoms. The molecule has 0 radical (unpaired) electrons. The molecule has 0 spiro atoms. The first-order valence-electron chi connectivity index (χ1n) is 13.5. The van der Waals surface area contributed by atoms with Crippen molar-refractivity contribution in [1.82, 2.24) is 9.97 Å². The summed E-state index contributed by atoms with van der Waals surface area (Å²) in [4.78, 5) is 17.5. The topological polar surface area (TPSA) is 50.5 Å². The van der Waals surface area contributed by atoms with Crippen LogP contribution >= 0.6 is 0 Å². The SMILES string of the molecule is CC(C)(c1ccc(N=Cc2cccnc2)cc1)c1ccc(C(C)(C)c2ccc(N=Cc3cccnc3)cc2)cc1. The zero-order chi connectivity index (χ0) is 28.0. The van der Waals surface area contributed by atoms with E-state index in [9.17, 15) is 0 Å². The Kier molecular flexibility index (Phi) is 7.79. The Hall–Kier alpha value is -4.70. The highest BCUT2D eigenvalue weighted by Crippen LogP contribution is 2.36. The summed E-state index contributed by atoms with van der Waals surface area (Å²) in [6, 6.07) is 33.9. The molecule has 0 unspecified atom stereocenters. The van der Waals surface area contributed by atoms with E-state index in [1.807, 2.05) is 36.7 Å². The molecular weight excluding hydrogens is 488 g/mol. The third-order valence-corrected chi connectivity index (χ3v) is 7.60. The van der Waals surface area contributed by atoms with Crippen LogP contribution in [0.2, 0.25) is 0 Å². The fourth-order valence-corrected chi connectivity index (χ4v) is 4.77. The zero-order valence-corrected chi connectivity index (χ0v) is 23.5. The van der Waals surface area contributed by atoms with Gasteiger partial charge in [-0.2, -0.15) is 0 Å². The van der Waals surface area contributed by atoms with E-state index in [0.717, 1.165) is 22.5 Å². The van der Waals surface area contributed by atoms with E-state index in [1.165, 1.54) is 22.3 Å². The van der Waals surface area contributed by atoms with Gasteiger partial charge in [0, 0.05) is 59.2 Å². The van der Waals surface area contributed by atoms with Crippen LogP contribution in [0.4, 0.5) is 11.4 Å². The van der Waals surface area contributed by atoms with Gasteiger partial charge in [-0.3, -0.25) is 20.0 Å². The van der Waals surface area contributed by atoms with E-state index in [0.29, 0.717) is 0 Å². The Bertz CT molecular complexity index is 1460. The highest BCUT2D eigenvalue weighted by atomic mass is 14.7. The fourth-order valence-electron chi connectivity index (χ4n) is 4.77. The maximum absolute atomic E-state index is 4.59. The molecule has 0 atom stereocenters. The second kappa shape index (κ2) is 11.6. The molecule has 0 saturated carbocycles. The van der Waals surface area contributed by atoms with E-state index < -0.39 is 0 Å². The van der Waals surface area contributed by atoms with E-state index in [1.54, 1.807) is 24.8 Å². The van der Waals surface area contributed by atoms with Crippen molar-refractivity contribution in [2.45, 2.75) is 38.5 Å². The van der Waals surface area contributed by atoms with Crippen LogP contribution in [0.1, 0.15) is 61.1 Å². The van der Waals surface area contributed by atoms with E-state index in [-0.39, 0.29) is 10.8 Å². The minimum atomic E-state index is -0.137. The highest BCUT2D eigenvalue weighted by Gasteiger charge is 2.26. The first-order valence-corrected chi connectivity index (χ1v) is 13.5. The van der Waals surface area contributed by atoms with Crippen molar-refractivity contribution >= 4 is 23.8 Å². The van der Waals surface area contributed by atoms with Gasteiger partial charge in [-0.25, -0.2) is 0 Å². The van der Waals surface area contributed by atoms with Crippen molar-refractivity contribution in [3.8, 4) is 0 Å². The lowest BCUT2D eigenvalue weighted by Crippen LogP contribution is -2.21. The van der Waals surface area contributed by atoms with Crippen LogP contribution in [0.5, 0.6) is 0 Å². The first-order chi connectivity index (χ1) is 19.3. The lowest BCUT2D eigenvalue weighted by molar-refractivity contribution is 0.626. The van der Waals surface area contributed by atoms with Crippen molar-refractivity contribution in [3.63, 3.8) is 0 Å². The minimum absolute atomic E-state index is 0.137. The Balaban J connectivity index is 1.29. The fraction of sp³-hybridized carbons (Fsp3) is 0.167. The molecule has 2 aromatic heterocycles. The molecule has 5 rings (SSSR count). The molecule has 0 aliphatic heterocycles. The summed E-state index contributed by atoms with van der Waals surface area (Å²) < 4.78 is 0. The summed E-state index contributed by atoms with van der Waals surface area (Å²) in [7, 11) is 0. The van der Waals surface area contributed by atoms with Crippen LogP contribution < -0.4 is 0 Å². The highest BCUT2D eigenvalue weighted by molar-refractivity contribution is 5.82. The number of benzene rings is 3. The maximum Gasteiger partial charge on any atom is 0.0630 e. The molecule has 0 N–H and O–H groups in total. The molecule has 0 aliphatic rings. The quantitative estimate of drug-likeness (QED) is 0.192. The predicted octanol–water partition coefficient (Wildman–Crippen LogP) is 8.63. The van der Waals surface area contributed by atoms with Gasteiger partial charge < -0.3 is 0 Å². The standard InChI is InChI=1S/C36H34N4/c1-35(2,31-13-17-33(18-14-31)39-25-27-7-5-21-37-23-27)29-9-11-30(12-10-29)36(3,4)32-15-19-34(20-16-32)40-26-28-8-6-22-38-24-28/h5-26H,1-4H3. The number of hydrogen-bond acceptors (Lipinski definition) is 4. The van der Waals surface area contributed by atoms with Crippen molar-refractivity contribution < 1.29 is 0 Å². The summed E-state index contributed by atoms with van der Waals surface area (Å²) in [6.45, 7) is 9.08. The van der Waals surface area contributed by atoms with Crippen molar-refractivity contribution in [1.29, 1.82) is 0 Å². The Labute approximate surface area is 237 Å². The Morgan fingerprint density at radius 3 is 1.10 bits per heavy atom. The number of nitrogens with zero attached hydrogens (tertiary/aromatic N) is 4. The molecule has 0 saturated heterocycles. The van der Waals surface area contributed by atoms with Crippen LogP contribution in [0, 0.1) is 0 Å². The third kappa shape index (κ3) is 6.13. The van der Waals surface area contributed by atoms with Crippen LogP contribution in [-0.4, -0.2) is 22.4 Å². The van der Waals surface area contributed by atoms with Crippen LogP contribution in [0.3, 0.4) is 0 Å². The van der Waals surface area contributed by atoms with Gasteiger partial charge in [0.05, 0.1) is 11.4 Å². The average Bonchev–Trinajstić information content (AvgIpc) is 3.00.